The molecule has 2 heterocycles. The molecule has 1 atom stereocenters. The zero-order valence-corrected chi connectivity index (χ0v) is 15.8. The van der Waals surface area contributed by atoms with Crippen molar-refractivity contribution in [3.05, 3.63) is 34.7 Å². The number of hydrogen-bond donors (Lipinski definition) is 0. The summed E-state index contributed by atoms with van der Waals surface area (Å²) in [6, 6.07) is 5.52. The Morgan fingerprint density at radius 3 is 2.63 bits per heavy atom. The molecule has 0 saturated heterocycles. The standard InChI is InChI=1S/C17H13F3N2O3S2/c1-3-25-16(24)14(9(2)23)27-15-10(8-21)11(17(18,19)20)7-12(22-15)13-5-4-6-26-13/h4-7,14H,3H2,1-2H3/t14-/m1/s1. The van der Waals surface area contributed by atoms with E-state index in [0.29, 0.717) is 16.6 Å². The molecule has 10 heteroatoms. The minimum absolute atomic E-state index is 0.00462. The molecule has 0 aromatic carbocycles. The summed E-state index contributed by atoms with van der Waals surface area (Å²) >= 11 is 1.66. The maximum atomic E-state index is 13.5. The minimum atomic E-state index is -4.80. The van der Waals surface area contributed by atoms with Gasteiger partial charge < -0.3 is 4.74 Å². The van der Waals surface area contributed by atoms with Gasteiger partial charge in [0.15, 0.2) is 11.0 Å². The lowest BCUT2D eigenvalue weighted by Gasteiger charge is -2.16. The van der Waals surface area contributed by atoms with Crippen LogP contribution < -0.4 is 0 Å². The van der Waals surface area contributed by atoms with Crippen molar-refractivity contribution in [1.82, 2.24) is 4.98 Å². The third kappa shape index (κ3) is 4.87. The van der Waals surface area contributed by atoms with E-state index in [0.717, 1.165) is 13.0 Å². The van der Waals surface area contributed by atoms with Crippen molar-refractivity contribution in [1.29, 1.82) is 5.26 Å². The molecule has 0 spiro atoms. The minimum Gasteiger partial charge on any atom is -0.465 e. The molecule has 0 radical (unpaired) electrons. The number of alkyl halides is 3. The van der Waals surface area contributed by atoms with Crippen LogP contribution in [-0.4, -0.2) is 28.6 Å². The number of ether oxygens (including phenoxy) is 1. The summed E-state index contributed by atoms with van der Waals surface area (Å²) in [5.74, 6) is -1.50. The molecule has 2 aromatic heterocycles. The molecule has 0 aliphatic heterocycles. The molecule has 0 N–H and O–H groups in total. The number of thioether (sulfide) groups is 1. The predicted molar refractivity (Wildman–Crippen MR) is 94.2 cm³/mol. The van der Waals surface area contributed by atoms with Crippen molar-refractivity contribution in [2.75, 3.05) is 6.61 Å². The number of nitrogens with zero attached hydrogens (tertiary/aromatic N) is 2. The Kier molecular flexibility index (Phi) is 6.62. The lowest BCUT2D eigenvalue weighted by atomic mass is 10.1. The number of nitriles is 1. The van der Waals surface area contributed by atoms with Crippen molar-refractivity contribution >= 4 is 34.9 Å². The molecule has 0 fully saturated rings. The lowest BCUT2D eigenvalue weighted by molar-refractivity contribution is -0.144. The smallest absolute Gasteiger partial charge is 0.417 e. The van der Waals surface area contributed by atoms with Crippen molar-refractivity contribution in [3.63, 3.8) is 0 Å². The first-order chi connectivity index (χ1) is 12.7. The topological polar surface area (TPSA) is 80.0 Å². The van der Waals surface area contributed by atoms with Gasteiger partial charge in [-0.2, -0.15) is 18.4 Å². The summed E-state index contributed by atoms with van der Waals surface area (Å²) in [4.78, 5) is 28.4. The monoisotopic (exact) mass is 414 g/mol. The second-order valence-electron chi connectivity index (χ2n) is 5.18. The molecule has 142 valence electrons. The van der Waals surface area contributed by atoms with Crippen LogP contribution in [0.4, 0.5) is 13.2 Å². The predicted octanol–water partition coefficient (Wildman–Crippen LogP) is 4.31. The highest BCUT2D eigenvalue weighted by molar-refractivity contribution is 8.01. The second kappa shape index (κ2) is 8.54. The molecule has 2 aromatic rings. The van der Waals surface area contributed by atoms with Gasteiger partial charge in [0.2, 0.25) is 0 Å². The summed E-state index contributed by atoms with van der Waals surface area (Å²) < 4.78 is 45.2. The number of Topliss-reactive ketones (excluding diaryl/α,β-unsaturated/α-hetero) is 1. The molecule has 27 heavy (non-hydrogen) atoms. The first kappa shape index (κ1) is 20.9. The summed E-state index contributed by atoms with van der Waals surface area (Å²) in [5.41, 5.74) is -1.90. The molecule has 0 unspecified atom stereocenters. The molecule has 0 bridgehead atoms. The Hall–Kier alpha value is -2.38. The third-order valence-corrected chi connectivity index (χ3v) is 5.45. The molecule has 0 aliphatic rings. The molecular formula is C17H13F3N2O3S2. The fourth-order valence-corrected chi connectivity index (χ4v) is 3.78. The fourth-order valence-electron chi connectivity index (χ4n) is 2.12. The maximum absolute atomic E-state index is 13.5. The third-order valence-electron chi connectivity index (χ3n) is 3.28. The zero-order chi connectivity index (χ0) is 20.2. The number of halogens is 3. The second-order valence-corrected chi connectivity index (χ2v) is 7.22. The number of aromatic nitrogens is 1. The van der Waals surface area contributed by atoms with Gasteiger partial charge in [0.1, 0.15) is 11.1 Å². The number of carbonyl (C=O) groups excluding carboxylic acids is 2. The number of hydrogen-bond acceptors (Lipinski definition) is 7. The number of ketones is 1. The van der Waals surface area contributed by atoms with Crippen LogP contribution in [0.25, 0.3) is 10.6 Å². The largest absolute Gasteiger partial charge is 0.465 e. The Morgan fingerprint density at radius 2 is 2.15 bits per heavy atom. The maximum Gasteiger partial charge on any atom is 0.417 e. The first-order valence-electron chi connectivity index (χ1n) is 7.59. The van der Waals surface area contributed by atoms with E-state index in [1.54, 1.807) is 17.5 Å². The quantitative estimate of drug-likeness (QED) is 0.398. The van der Waals surface area contributed by atoms with Crippen LogP contribution in [0.1, 0.15) is 25.0 Å². The van der Waals surface area contributed by atoms with E-state index < -0.39 is 34.3 Å². The number of thiophene rings is 1. The van der Waals surface area contributed by atoms with Gasteiger partial charge in [-0.05, 0) is 31.4 Å². The Bertz CT molecular complexity index is 890. The highest BCUT2D eigenvalue weighted by Gasteiger charge is 2.37. The van der Waals surface area contributed by atoms with Crippen LogP contribution in [0.15, 0.2) is 28.6 Å². The van der Waals surface area contributed by atoms with E-state index in [9.17, 15) is 28.0 Å². The van der Waals surface area contributed by atoms with E-state index in [4.69, 9.17) is 4.74 Å². The van der Waals surface area contributed by atoms with Gasteiger partial charge >= 0.3 is 12.1 Å². The molecule has 5 nitrogen and oxygen atoms in total. The van der Waals surface area contributed by atoms with Gasteiger partial charge in [-0.15, -0.1) is 11.3 Å². The van der Waals surface area contributed by atoms with Gasteiger partial charge in [-0.25, -0.2) is 4.98 Å². The van der Waals surface area contributed by atoms with Gasteiger partial charge in [0.05, 0.1) is 28.3 Å². The normalized spacial score (nSPS) is 12.3. The fraction of sp³-hybridized carbons (Fsp3) is 0.294. The Morgan fingerprint density at radius 1 is 1.44 bits per heavy atom. The van der Waals surface area contributed by atoms with Crippen molar-refractivity contribution in [2.24, 2.45) is 0 Å². The molecule has 2 rings (SSSR count). The van der Waals surface area contributed by atoms with Crippen molar-refractivity contribution in [2.45, 2.75) is 30.3 Å². The van der Waals surface area contributed by atoms with Gasteiger partial charge in [0, 0.05) is 0 Å². The highest BCUT2D eigenvalue weighted by atomic mass is 32.2. The summed E-state index contributed by atoms with van der Waals surface area (Å²) in [6.45, 7) is 2.66. The lowest BCUT2D eigenvalue weighted by Crippen LogP contribution is -2.27. The highest BCUT2D eigenvalue weighted by Crippen LogP contribution is 2.39. The summed E-state index contributed by atoms with van der Waals surface area (Å²) in [6.07, 6.45) is -4.80. The summed E-state index contributed by atoms with van der Waals surface area (Å²) in [5, 5.41) is 9.19. The van der Waals surface area contributed by atoms with E-state index in [-0.39, 0.29) is 17.3 Å². The summed E-state index contributed by atoms with van der Waals surface area (Å²) in [7, 11) is 0. The molecular weight excluding hydrogens is 401 g/mol. The van der Waals surface area contributed by atoms with Crippen molar-refractivity contribution in [3.8, 4) is 16.6 Å². The van der Waals surface area contributed by atoms with Crippen LogP contribution in [-0.2, 0) is 20.5 Å². The first-order valence-corrected chi connectivity index (χ1v) is 9.34. The van der Waals surface area contributed by atoms with Crippen LogP contribution in [0.2, 0.25) is 0 Å². The van der Waals surface area contributed by atoms with Crippen LogP contribution in [0.3, 0.4) is 0 Å². The van der Waals surface area contributed by atoms with Crippen LogP contribution in [0, 0.1) is 11.3 Å². The van der Waals surface area contributed by atoms with E-state index in [1.807, 2.05) is 0 Å². The van der Waals surface area contributed by atoms with Crippen molar-refractivity contribution < 1.29 is 27.5 Å². The van der Waals surface area contributed by atoms with E-state index in [2.05, 4.69) is 4.98 Å². The average molecular weight is 414 g/mol. The van der Waals surface area contributed by atoms with Gasteiger partial charge in [0.25, 0.3) is 0 Å². The average Bonchev–Trinajstić information content (AvgIpc) is 3.12. The van der Waals surface area contributed by atoms with E-state index >= 15 is 0 Å². The number of pyridine rings is 1. The van der Waals surface area contributed by atoms with E-state index in [1.165, 1.54) is 24.3 Å². The molecule has 0 aliphatic carbocycles. The SMILES string of the molecule is CCOC(=O)[C@H](Sc1nc(-c2cccs2)cc(C(F)(F)F)c1C#N)C(C)=O. The van der Waals surface area contributed by atoms with Crippen LogP contribution >= 0.6 is 23.1 Å². The van der Waals surface area contributed by atoms with Gasteiger partial charge in [-0.1, -0.05) is 17.8 Å². The Labute approximate surface area is 161 Å². The van der Waals surface area contributed by atoms with Crippen LogP contribution in [0.5, 0.6) is 0 Å². The number of carbonyl (C=O) groups is 2. The number of rotatable bonds is 6. The zero-order valence-electron chi connectivity index (χ0n) is 14.2. The molecule has 0 saturated carbocycles. The van der Waals surface area contributed by atoms with Gasteiger partial charge in [-0.3, -0.25) is 9.59 Å². The molecule has 0 amide bonds. The number of esters is 1. The Balaban J connectivity index is 2.63.